The Bertz CT molecular complexity index is 760. The molecule has 0 spiro atoms. The molecule has 3 rings (SSSR count). The lowest BCUT2D eigenvalue weighted by molar-refractivity contribution is 0.102. The number of amides is 1. The van der Waals surface area contributed by atoms with Crippen LogP contribution in [0.4, 0.5) is 15.8 Å². The summed E-state index contributed by atoms with van der Waals surface area (Å²) >= 11 is 6.42. The molecule has 2 aromatic carbocycles. The Labute approximate surface area is 152 Å². The molecule has 132 valence electrons. The number of hydrogen-bond donors (Lipinski definition) is 1. The van der Waals surface area contributed by atoms with E-state index in [1.54, 1.807) is 12.1 Å². The molecule has 1 fully saturated rings. The number of nitrogens with zero attached hydrogens (tertiary/aromatic N) is 2. The molecule has 2 aromatic rings. The number of halogens is 2. The summed E-state index contributed by atoms with van der Waals surface area (Å²) in [6, 6.07) is 11.1. The van der Waals surface area contributed by atoms with Crippen LogP contribution in [0.15, 0.2) is 42.5 Å². The zero-order chi connectivity index (χ0) is 17.8. The zero-order valence-corrected chi connectivity index (χ0v) is 14.9. The van der Waals surface area contributed by atoms with Crippen LogP contribution in [0.25, 0.3) is 0 Å². The summed E-state index contributed by atoms with van der Waals surface area (Å²) in [5, 5.41) is 3.35. The van der Waals surface area contributed by atoms with Crippen molar-refractivity contribution in [3.05, 3.63) is 58.9 Å². The SMILES string of the molecule is CCN1CCN(c2ccc(NC(=O)c3cccc(F)c3)cc2Cl)CC1. The first-order valence-corrected chi connectivity index (χ1v) is 8.78. The van der Waals surface area contributed by atoms with Gasteiger partial charge in [0.15, 0.2) is 0 Å². The number of hydrogen-bond acceptors (Lipinski definition) is 3. The molecule has 6 heteroatoms. The summed E-state index contributed by atoms with van der Waals surface area (Å²) < 4.78 is 13.2. The van der Waals surface area contributed by atoms with E-state index in [0.717, 1.165) is 38.4 Å². The third-order valence-corrected chi connectivity index (χ3v) is 4.76. The molecule has 0 radical (unpaired) electrons. The largest absolute Gasteiger partial charge is 0.368 e. The van der Waals surface area contributed by atoms with Crippen molar-refractivity contribution in [1.82, 2.24) is 4.90 Å². The summed E-state index contributed by atoms with van der Waals surface area (Å²) in [6.07, 6.45) is 0. The second-order valence-corrected chi connectivity index (χ2v) is 6.46. The average Bonchev–Trinajstić information content (AvgIpc) is 2.62. The molecule has 0 aliphatic carbocycles. The second kappa shape index (κ2) is 7.85. The maximum Gasteiger partial charge on any atom is 0.255 e. The monoisotopic (exact) mass is 361 g/mol. The molecule has 1 amide bonds. The van der Waals surface area contributed by atoms with Crippen molar-refractivity contribution in [2.24, 2.45) is 0 Å². The van der Waals surface area contributed by atoms with E-state index in [0.29, 0.717) is 10.7 Å². The van der Waals surface area contributed by atoms with Crippen molar-refractivity contribution >= 4 is 28.9 Å². The molecule has 4 nitrogen and oxygen atoms in total. The van der Waals surface area contributed by atoms with Crippen LogP contribution in [0, 0.1) is 5.82 Å². The standard InChI is InChI=1S/C19H21ClFN3O/c1-2-23-8-10-24(11-9-23)18-7-6-16(13-17(18)20)22-19(25)14-4-3-5-15(21)12-14/h3-7,12-13H,2,8-11H2,1H3,(H,22,25). The summed E-state index contributed by atoms with van der Waals surface area (Å²) in [5.74, 6) is -0.799. The van der Waals surface area contributed by atoms with Crippen LogP contribution in [0.2, 0.25) is 5.02 Å². The Kier molecular flexibility index (Phi) is 5.56. The van der Waals surface area contributed by atoms with Gasteiger partial charge in [-0.3, -0.25) is 4.79 Å². The topological polar surface area (TPSA) is 35.6 Å². The van der Waals surface area contributed by atoms with Gasteiger partial charge in [-0.2, -0.15) is 0 Å². The predicted octanol–water partition coefficient (Wildman–Crippen LogP) is 3.87. The fraction of sp³-hybridized carbons (Fsp3) is 0.316. The Morgan fingerprint density at radius 2 is 1.92 bits per heavy atom. The summed E-state index contributed by atoms with van der Waals surface area (Å²) in [4.78, 5) is 16.9. The molecule has 1 aliphatic rings. The van der Waals surface area contributed by atoms with Crippen LogP contribution in [-0.2, 0) is 0 Å². The molecule has 0 atom stereocenters. The quantitative estimate of drug-likeness (QED) is 0.897. The van der Waals surface area contributed by atoms with Gasteiger partial charge in [0.25, 0.3) is 5.91 Å². The highest BCUT2D eigenvalue weighted by atomic mass is 35.5. The van der Waals surface area contributed by atoms with Crippen molar-refractivity contribution in [3.63, 3.8) is 0 Å². The van der Waals surface area contributed by atoms with Crippen LogP contribution in [-0.4, -0.2) is 43.5 Å². The number of carbonyl (C=O) groups excluding carboxylic acids is 1. The molecule has 1 aliphatic heterocycles. The highest BCUT2D eigenvalue weighted by molar-refractivity contribution is 6.33. The van der Waals surface area contributed by atoms with Crippen LogP contribution in [0.3, 0.4) is 0 Å². The molecule has 1 saturated heterocycles. The van der Waals surface area contributed by atoms with Gasteiger partial charge in [-0.05, 0) is 42.9 Å². The Balaban J connectivity index is 1.69. The van der Waals surface area contributed by atoms with E-state index < -0.39 is 5.82 Å². The molecule has 1 N–H and O–H groups in total. The predicted molar refractivity (Wildman–Crippen MR) is 100 cm³/mol. The highest BCUT2D eigenvalue weighted by Crippen LogP contribution is 2.29. The number of carbonyl (C=O) groups is 1. The van der Waals surface area contributed by atoms with E-state index in [4.69, 9.17) is 11.6 Å². The summed E-state index contributed by atoms with van der Waals surface area (Å²) in [5.41, 5.74) is 1.84. The minimum absolute atomic E-state index is 0.274. The minimum atomic E-state index is -0.438. The molecular weight excluding hydrogens is 341 g/mol. The van der Waals surface area contributed by atoms with E-state index in [-0.39, 0.29) is 11.5 Å². The van der Waals surface area contributed by atoms with Crippen LogP contribution in [0.5, 0.6) is 0 Å². The molecular formula is C19H21ClFN3O. The first kappa shape index (κ1) is 17.7. The fourth-order valence-electron chi connectivity index (χ4n) is 2.98. The van der Waals surface area contributed by atoms with Crippen molar-refractivity contribution in [2.75, 3.05) is 42.9 Å². The van der Waals surface area contributed by atoms with Gasteiger partial charge in [-0.1, -0.05) is 24.6 Å². The maximum absolute atomic E-state index is 13.2. The number of piperazine rings is 1. The molecule has 1 heterocycles. The molecule has 0 bridgehead atoms. The van der Waals surface area contributed by atoms with Crippen molar-refractivity contribution < 1.29 is 9.18 Å². The molecule has 25 heavy (non-hydrogen) atoms. The lowest BCUT2D eigenvalue weighted by Gasteiger charge is -2.36. The second-order valence-electron chi connectivity index (χ2n) is 6.05. The Hall–Kier alpha value is -2.11. The number of benzene rings is 2. The average molecular weight is 362 g/mol. The van der Waals surface area contributed by atoms with Gasteiger partial charge >= 0.3 is 0 Å². The van der Waals surface area contributed by atoms with Crippen LogP contribution < -0.4 is 10.2 Å². The third-order valence-electron chi connectivity index (χ3n) is 4.45. The molecule has 0 unspecified atom stereocenters. The normalized spacial score (nSPS) is 15.2. The lowest BCUT2D eigenvalue weighted by atomic mass is 10.2. The molecule has 0 saturated carbocycles. The Morgan fingerprint density at radius 3 is 2.56 bits per heavy atom. The summed E-state index contributed by atoms with van der Waals surface area (Å²) in [6.45, 7) is 7.13. The van der Waals surface area contributed by atoms with Crippen molar-refractivity contribution in [3.8, 4) is 0 Å². The van der Waals surface area contributed by atoms with Gasteiger partial charge < -0.3 is 15.1 Å². The Morgan fingerprint density at radius 1 is 1.16 bits per heavy atom. The number of rotatable bonds is 4. The minimum Gasteiger partial charge on any atom is -0.368 e. The van der Waals surface area contributed by atoms with Gasteiger partial charge in [0, 0.05) is 37.4 Å². The van der Waals surface area contributed by atoms with E-state index in [9.17, 15) is 9.18 Å². The first-order chi connectivity index (χ1) is 12.1. The van der Waals surface area contributed by atoms with E-state index in [2.05, 4.69) is 22.0 Å². The number of likely N-dealkylation sites (N-methyl/N-ethyl adjacent to an activating group) is 1. The van der Waals surface area contributed by atoms with E-state index in [1.165, 1.54) is 18.2 Å². The fourth-order valence-corrected chi connectivity index (χ4v) is 3.28. The van der Waals surface area contributed by atoms with Gasteiger partial charge in [0.2, 0.25) is 0 Å². The zero-order valence-electron chi connectivity index (χ0n) is 14.1. The smallest absolute Gasteiger partial charge is 0.255 e. The number of nitrogens with one attached hydrogen (secondary N) is 1. The molecule has 0 aromatic heterocycles. The lowest BCUT2D eigenvalue weighted by Crippen LogP contribution is -2.46. The van der Waals surface area contributed by atoms with Crippen LogP contribution >= 0.6 is 11.6 Å². The van der Waals surface area contributed by atoms with Gasteiger partial charge in [0.05, 0.1) is 10.7 Å². The van der Waals surface area contributed by atoms with E-state index >= 15 is 0 Å². The third kappa shape index (κ3) is 4.30. The van der Waals surface area contributed by atoms with Crippen molar-refractivity contribution in [2.45, 2.75) is 6.92 Å². The van der Waals surface area contributed by atoms with Crippen molar-refractivity contribution in [1.29, 1.82) is 0 Å². The van der Waals surface area contributed by atoms with Gasteiger partial charge in [0.1, 0.15) is 5.82 Å². The van der Waals surface area contributed by atoms with Crippen LogP contribution in [0.1, 0.15) is 17.3 Å². The maximum atomic E-state index is 13.2. The van der Waals surface area contributed by atoms with E-state index in [1.807, 2.05) is 12.1 Å². The van der Waals surface area contributed by atoms with Gasteiger partial charge in [-0.15, -0.1) is 0 Å². The summed E-state index contributed by atoms with van der Waals surface area (Å²) in [7, 11) is 0. The van der Waals surface area contributed by atoms with Gasteiger partial charge in [-0.25, -0.2) is 4.39 Å². The highest BCUT2D eigenvalue weighted by Gasteiger charge is 2.18. The first-order valence-electron chi connectivity index (χ1n) is 8.40. The number of anilines is 2.